The fourth-order valence-electron chi connectivity index (χ4n) is 11.6. The molecule has 0 amide bonds. The molecule has 88 heavy (non-hydrogen) atoms. The summed E-state index contributed by atoms with van der Waals surface area (Å²) < 4.78 is 14.1. The van der Waals surface area contributed by atoms with Crippen LogP contribution in [-0.2, 0) is 27.0 Å². The molecule has 0 atom stereocenters. The van der Waals surface area contributed by atoms with Crippen LogP contribution < -0.4 is 29.1 Å². The number of ether oxygens (including phenoxy) is 2. The van der Waals surface area contributed by atoms with Gasteiger partial charge < -0.3 is 19.6 Å². The topological polar surface area (TPSA) is 56.1 Å². The van der Waals surface area contributed by atoms with Crippen LogP contribution in [0.25, 0.3) is 0 Å². The second kappa shape index (κ2) is 32.9. The monoisotopic (exact) mass is 1450 g/mol. The fraction of sp³-hybridized carbons (Fsp3) is 0.260. The summed E-state index contributed by atoms with van der Waals surface area (Å²) in [6.07, 6.45) is 3.58. The Hall–Kier alpha value is -5.66. The number of hydrogen-bond donors (Lipinski definition) is 0. The van der Waals surface area contributed by atoms with E-state index in [1.165, 1.54) is 95.1 Å². The second-order valence-corrected chi connectivity index (χ2v) is 34.3. The molecule has 8 aromatic rings. The van der Waals surface area contributed by atoms with Crippen molar-refractivity contribution in [1.82, 2.24) is 0 Å². The third-order valence-corrected chi connectivity index (χ3v) is 18.8. The van der Waals surface area contributed by atoms with Crippen molar-refractivity contribution in [2.75, 3.05) is 60.0 Å². The number of methoxy groups -OCH3 is 2. The zero-order valence-electron chi connectivity index (χ0n) is 53.1. The molecule has 8 aromatic carbocycles. The van der Waals surface area contributed by atoms with Gasteiger partial charge in [-0.1, -0.05) is 70.8 Å². The number of aryl methyl sites for hydroxylation is 13. The van der Waals surface area contributed by atoms with Gasteiger partial charge in [-0.2, -0.15) is 13.3 Å². The molecule has 8 nitrogen and oxygen atoms in total. The number of benzene rings is 8. The zero-order chi connectivity index (χ0) is 63.9. The van der Waals surface area contributed by atoms with Crippen LogP contribution in [0, 0.1) is 103 Å². The Kier molecular flexibility index (Phi) is 26.1. The van der Waals surface area contributed by atoms with Crippen molar-refractivity contribution < 1.29 is 36.5 Å². The van der Waals surface area contributed by atoms with Gasteiger partial charge in [0.1, 0.15) is 0 Å². The van der Waals surface area contributed by atoms with Gasteiger partial charge in [0, 0.05) is 48.9 Å². The van der Waals surface area contributed by atoms with Gasteiger partial charge in [-0.15, -0.1) is 0 Å². The summed E-state index contributed by atoms with van der Waals surface area (Å²) in [5.41, 5.74) is 28.4. The van der Waals surface area contributed by atoms with E-state index < -0.39 is 27.0 Å². The Bertz CT molecular complexity index is 3510. The summed E-state index contributed by atoms with van der Waals surface area (Å²) in [4.78, 5) is 18.5. The molecule has 0 aliphatic carbocycles. The van der Waals surface area contributed by atoms with Gasteiger partial charge in [0.2, 0.25) is 0 Å². The predicted molar refractivity (Wildman–Crippen MR) is 377 cm³/mol. The SMILES string of the molecule is COc1ccc(C=Nc2ccc(C)cc2)c([CH]=[Ru]([Cl])[Cl])c1.COc1ccc(N=Cc2cc(Cl)ccc2[CH]=[Ru]([Cl])[Cl])cc1.Cc1cc(C)c(N2[CH-]N(c3c(C)cc(C)cc3C)CC2)c(C)c1.Cc1cc(C)c(N2[CH-]N(c3c(C)cc(C)cc3C)CC2)c(C)c1. The van der Waals surface area contributed by atoms with Crippen LogP contribution in [0.4, 0.5) is 34.1 Å². The first kappa shape index (κ1) is 69.8. The first-order chi connectivity index (χ1) is 41.9. The molecule has 0 bridgehead atoms. The number of aliphatic imine (C=N–C) groups is 2. The normalized spacial score (nSPS) is 13.2. The van der Waals surface area contributed by atoms with E-state index in [1.54, 1.807) is 20.4 Å². The third kappa shape index (κ3) is 19.7. The van der Waals surface area contributed by atoms with Crippen molar-refractivity contribution in [3.63, 3.8) is 0 Å². The van der Waals surface area contributed by atoms with Gasteiger partial charge in [-0.25, -0.2) is 0 Å². The number of nitrogens with zero attached hydrogens (tertiary/aromatic N) is 6. The minimum absolute atomic E-state index is 0.645. The summed E-state index contributed by atoms with van der Waals surface area (Å²) in [5.74, 6) is 1.57. The first-order valence-electron chi connectivity index (χ1n) is 28.9. The molecule has 2 heterocycles. The second-order valence-electron chi connectivity index (χ2n) is 22.4. The average Bonchev–Trinajstić information content (AvgIpc) is 2.16. The largest absolute Gasteiger partial charge is 0.502 e. The molecule has 0 aromatic heterocycles. The van der Waals surface area contributed by atoms with Crippen LogP contribution in [0.15, 0.2) is 143 Å². The maximum atomic E-state index is 6.03. The van der Waals surface area contributed by atoms with Crippen molar-refractivity contribution in [3.8, 4) is 11.5 Å². The zero-order valence-corrected chi connectivity index (χ0v) is 60.3. The Labute approximate surface area is 555 Å². The summed E-state index contributed by atoms with van der Waals surface area (Å²) in [7, 11) is 27.1. The van der Waals surface area contributed by atoms with Crippen LogP contribution in [0.5, 0.6) is 11.5 Å². The standard InChI is InChI=1S/2C21H27N2.C16H15NO.C15H12ClNO.4ClH.2Ru/c2*1-14-9-16(3)20(17(4)10-14)22-7-8-23(13-22)21-18(5)11-15(2)12-19(21)6;1-12-4-7-15(8-5-12)17-11-14-6-9-16(18-3)10-13(14)2;1-11-3-4-13(16)9-12(11)10-17-14-5-7-15(18-2)8-6-14;;;;;;/h2*9-13H,7-8H2,1-6H3;2,4-11H,1,3H3;1,3-10H,2H3;4*1H;;/q2*-1;;;;;;;2*+2/p-4. The van der Waals surface area contributed by atoms with Gasteiger partial charge in [0.05, 0.1) is 0 Å². The predicted octanol–water partition coefficient (Wildman–Crippen LogP) is 20.0. The van der Waals surface area contributed by atoms with Crippen LogP contribution >= 0.6 is 50.4 Å². The smallest absolute Gasteiger partial charge is 0.0146 e. The number of rotatable bonds is 12. The molecule has 468 valence electrons. The number of hydrogen-bond acceptors (Lipinski definition) is 8. The maximum Gasteiger partial charge on any atom is 0.0146 e. The van der Waals surface area contributed by atoms with Crippen LogP contribution in [-0.4, -0.2) is 62.0 Å². The molecule has 2 saturated heterocycles. The maximum absolute atomic E-state index is 6.03. The molecular weight excluding hydrogens is 1370 g/mol. The van der Waals surface area contributed by atoms with Gasteiger partial charge >= 0.3 is 280 Å². The van der Waals surface area contributed by atoms with Crippen molar-refractivity contribution in [2.24, 2.45) is 9.98 Å². The number of halogens is 5. The van der Waals surface area contributed by atoms with E-state index in [0.717, 1.165) is 71.3 Å². The van der Waals surface area contributed by atoms with E-state index in [-0.39, 0.29) is 0 Å². The average molecular weight is 1450 g/mol. The summed E-state index contributed by atoms with van der Waals surface area (Å²) >= 11 is 2.23. The Morgan fingerprint density at radius 2 is 0.682 bits per heavy atom. The Balaban J connectivity index is 0.000000168. The first-order valence-corrected chi connectivity index (χ1v) is 40.2. The van der Waals surface area contributed by atoms with Crippen molar-refractivity contribution in [3.05, 3.63) is 246 Å². The van der Waals surface area contributed by atoms with Crippen LogP contribution in [0.2, 0.25) is 5.02 Å². The molecule has 0 saturated carbocycles. The Morgan fingerprint density at radius 1 is 0.364 bits per heavy atom. The molecule has 2 aliphatic rings. The minimum atomic E-state index is -1.90. The molecule has 0 unspecified atom stereocenters. The van der Waals surface area contributed by atoms with Crippen molar-refractivity contribution in [1.29, 1.82) is 0 Å². The summed E-state index contributed by atoms with van der Waals surface area (Å²) in [6.45, 7) is 37.2. The molecule has 10 rings (SSSR count). The van der Waals surface area contributed by atoms with E-state index in [4.69, 9.17) is 59.8 Å². The van der Waals surface area contributed by atoms with Gasteiger partial charge in [0.15, 0.2) is 0 Å². The molecule has 0 spiro atoms. The van der Waals surface area contributed by atoms with Gasteiger partial charge in [0.25, 0.3) is 0 Å². The van der Waals surface area contributed by atoms with E-state index in [1.807, 2.05) is 100 Å². The fourth-order valence-corrected chi connectivity index (χ4v) is 15.4. The van der Waals surface area contributed by atoms with E-state index in [2.05, 4.69) is 181 Å². The minimum Gasteiger partial charge on any atom is -0.502 e. The molecule has 0 N–H and O–H groups in total. The van der Waals surface area contributed by atoms with Gasteiger partial charge in [-0.05, 0) is 128 Å². The van der Waals surface area contributed by atoms with Crippen molar-refractivity contribution in [2.45, 2.75) is 90.0 Å². The molecule has 2 aliphatic heterocycles. The van der Waals surface area contributed by atoms with Crippen molar-refractivity contribution >= 4 is 106 Å². The van der Waals surface area contributed by atoms with E-state index in [9.17, 15) is 0 Å². The third-order valence-electron chi connectivity index (χ3n) is 14.9. The quantitative estimate of drug-likeness (QED) is 0.0690. The van der Waals surface area contributed by atoms with Crippen LogP contribution in [0.1, 0.15) is 94.6 Å². The number of anilines is 4. The summed E-state index contributed by atoms with van der Waals surface area (Å²) in [5, 5.41) is 0.645. The molecule has 2 fully saturated rings. The van der Waals surface area contributed by atoms with E-state index >= 15 is 0 Å². The molecular formula is C73H81Cl5N6O2Ru2-2. The Morgan fingerprint density at radius 3 is 1.03 bits per heavy atom. The summed E-state index contributed by atoms with van der Waals surface area (Å²) in [6, 6.07) is 45.1. The molecule has 0 radical (unpaired) electrons. The van der Waals surface area contributed by atoms with E-state index in [0.29, 0.717) is 5.02 Å². The van der Waals surface area contributed by atoms with Gasteiger partial charge in [-0.3, -0.25) is 0 Å². The molecule has 15 heteroatoms. The van der Waals surface area contributed by atoms with Crippen LogP contribution in [0.3, 0.4) is 0 Å².